The van der Waals surface area contributed by atoms with Gasteiger partial charge in [-0.15, -0.1) is 0 Å². The summed E-state index contributed by atoms with van der Waals surface area (Å²) in [6, 6.07) is 1.73. The molecule has 2 N–H and O–H groups in total. The number of aromatic nitrogens is 3. The smallest absolute Gasteiger partial charge is 0.210 e. The third-order valence-corrected chi connectivity index (χ3v) is 6.18. The van der Waals surface area contributed by atoms with Crippen molar-refractivity contribution in [3.8, 4) is 5.75 Å². The number of imidazole rings is 1. The van der Waals surface area contributed by atoms with E-state index in [0.29, 0.717) is 47.9 Å². The van der Waals surface area contributed by atoms with Crippen LogP contribution in [-0.2, 0) is 16.0 Å². The highest BCUT2D eigenvalue weighted by atomic mass is 35.5. The third kappa shape index (κ3) is 3.58. The van der Waals surface area contributed by atoms with Crippen LogP contribution in [0.4, 0.5) is 11.6 Å². The number of H-pyrrole nitrogens is 1. The SMILES string of the molecule is CC1(C)Cc2c(c(C3COCCN3C=O)cc3nc(Nc4c(Cl)cncc4Cl)[nH]c23)O1. The number of hydrogen-bond acceptors (Lipinski definition) is 6. The molecule has 0 aliphatic carbocycles. The van der Waals surface area contributed by atoms with E-state index in [1.807, 2.05) is 19.9 Å². The van der Waals surface area contributed by atoms with Crippen molar-refractivity contribution in [3.05, 3.63) is 39.6 Å². The lowest BCUT2D eigenvalue weighted by molar-refractivity contribution is -0.126. The highest BCUT2D eigenvalue weighted by molar-refractivity contribution is 6.39. The number of morpholine rings is 1. The van der Waals surface area contributed by atoms with Crippen molar-refractivity contribution >= 4 is 52.3 Å². The molecule has 0 saturated carbocycles. The van der Waals surface area contributed by atoms with Gasteiger partial charge in [-0.3, -0.25) is 9.78 Å². The molecule has 3 aromatic rings. The van der Waals surface area contributed by atoms with Crippen molar-refractivity contribution in [1.82, 2.24) is 19.9 Å². The number of hydrogen-bond donors (Lipinski definition) is 2. The molecule has 0 radical (unpaired) electrons. The van der Waals surface area contributed by atoms with Gasteiger partial charge < -0.3 is 24.7 Å². The summed E-state index contributed by atoms with van der Waals surface area (Å²) in [6.07, 6.45) is 4.61. The number of carbonyl (C=O) groups excluding carboxylic acids is 1. The monoisotopic (exact) mass is 461 g/mol. The first-order valence-corrected chi connectivity index (χ1v) is 10.7. The standard InChI is InChI=1S/C21H21Cl2N5O3/c1-21(2)6-12-17-15(25-20(26-17)27-18-13(22)7-24-8-14(18)23)5-11(19(12)31-21)16-9-30-4-3-28(16)10-29/h5,7-8,10,16H,3-4,6,9H2,1-2H3,(H2,24,25,26,27). The van der Waals surface area contributed by atoms with Crippen LogP contribution in [0.2, 0.25) is 10.0 Å². The Morgan fingerprint density at radius 1 is 1.32 bits per heavy atom. The van der Waals surface area contributed by atoms with Crippen molar-refractivity contribution in [2.75, 3.05) is 25.1 Å². The Morgan fingerprint density at radius 3 is 2.84 bits per heavy atom. The number of nitrogens with zero attached hydrogens (tertiary/aromatic N) is 3. The molecule has 0 spiro atoms. The Balaban J connectivity index is 1.62. The predicted molar refractivity (Wildman–Crippen MR) is 118 cm³/mol. The van der Waals surface area contributed by atoms with E-state index in [-0.39, 0.29) is 11.6 Å². The fourth-order valence-electron chi connectivity index (χ4n) is 4.22. The van der Waals surface area contributed by atoms with Gasteiger partial charge in [0.25, 0.3) is 0 Å². The topological polar surface area (TPSA) is 92.4 Å². The molecule has 1 fully saturated rings. The molecule has 4 heterocycles. The fourth-order valence-corrected chi connectivity index (χ4v) is 4.68. The van der Waals surface area contributed by atoms with Gasteiger partial charge in [-0.1, -0.05) is 23.2 Å². The fraction of sp³-hybridized carbons (Fsp3) is 0.381. The van der Waals surface area contributed by atoms with E-state index in [9.17, 15) is 4.79 Å². The van der Waals surface area contributed by atoms with Crippen LogP contribution < -0.4 is 10.1 Å². The van der Waals surface area contributed by atoms with Crippen molar-refractivity contribution in [2.24, 2.45) is 0 Å². The summed E-state index contributed by atoms with van der Waals surface area (Å²) in [6.45, 7) is 5.57. The van der Waals surface area contributed by atoms with Gasteiger partial charge in [0.15, 0.2) is 0 Å². The molecule has 0 bridgehead atoms. The molecule has 2 aliphatic heterocycles. The van der Waals surface area contributed by atoms with Crippen LogP contribution in [0.5, 0.6) is 5.75 Å². The molecule has 1 unspecified atom stereocenters. The van der Waals surface area contributed by atoms with E-state index in [1.54, 1.807) is 4.90 Å². The van der Waals surface area contributed by atoms with Gasteiger partial charge in [-0.2, -0.15) is 0 Å². The van der Waals surface area contributed by atoms with Crippen LogP contribution >= 0.6 is 23.2 Å². The molecule has 1 atom stereocenters. The van der Waals surface area contributed by atoms with Crippen molar-refractivity contribution in [3.63, 3.8) is 0 Å². The Kier molecular flexibility index (Phi) is 4.96. The van der Waals surface area contributed by atoms with Crippen LogP contribution in [0.25, 0.3) is 11.0 Å². The van der Waals surface area contributed by atoms with Crippen LogP contribution in [0.1, 0.15) is 31.0 Å². The van der Waals surface area contributed by atoms with Gasteiger partial charge >= 0.3 is 0 Å². The normalized spacial score (nSPS) is 19.9. The zero-order valence-electron chi connectivity index (χ0n) is 17.0. The van der Waals surface area contributed by atoms with Crippen molar-refractivity contribution in [2.45, 2.75) is 31.9 Å². The Morgan fingerprint density at radius 2 is 2.10 bits per heavy atom. The summed E-state index contributed by atoms with van der Waals surface area (Å²) < 4.78 is 12.0. The van der Waals surface area contributed by atoms with E-state index >= 15 is 0 Å². The molecule has 31 heavy (non-hydrogen) atoms. The maximum atomic E-state index is 11.7. The quantitative estimate of drug-likeness (QED) is 0.564. The molecular formula is C21H21Cl2N5O3. The second kappa shape index (κ2) is 7.55. The molecule has 10 heteroatoms. The number of pyridine rings is 1. The third-order valence-electron chi connectivity index (χ3n) is 5.60. The number of carbonyl (C=O) groups is 1. The van der Waals surface area contributed by atoms with E-state index in [0.717, 1.165) is 34.3 Å². The number of rotatable bonds is 4. The van der Waals surface area contributed by atoms with Crippen molar-refractivity contribution < 1.29 is 14.3 Å². The van der Waals surface area contributed by atoms with E-state index in [4.69, 9.17) is 37.7 Å². The summed E-state index contributed by atoms with van der Waals surface area (Å²) >= 11 is 12.5. The van der Waals surface area contributed by atoms with Gasteiger partial charge in [0.1, 0.15) is 11.4 Å². The number of aromatic amines is 1. The summed E-state index contributed by atoms with van der Waals surface area (Å²) in [7, 11) is 0. The van der Waals surface area contributed by atoms with Gasteiger partial charge in [0, 0.05) is 36.5 Å². The van der Waals surface area contributed by atoms with Gasteiger partial charge in [-0.05, 0) is 19.9 Å². The van der Waals surface area contributed by atoms with Gasteiger partial charge in [0.2, 0.25) is 12.4 Å². The first kappa shape index (κ1) is 20.4. The molecule has 1 amide bonds. The molecule has 2 aromatic heterocycles. The van der Waals surface area contributed by atoms with Gasteiger partial charge in [-0.25, -0.2) is 4.98 Å². The molecule has 8 nitrogen and oxygen atoms in total. The molecule has 162 valence electrons. The zero-order valence-corrected chi connectivity index (χ0v) is 18.5. The van der Waals surface area contributed by atoms with Crippen LogP contribution in [0.3, 0.4) is 0 Å². The predicted octanol–water partition coefficient (Wildman–Crippen LogP) is 4.25. The van der Waals surface area contributed by atoms with Crippen molar-refractivity contribution in [1.29, 1.82) is 0 Å². The zero-order chi connectivity index (χ0) is 21.8. The van der Waals surface area contributed by atoms with E-state index in [1.165, 1.54) is 12.4 Å². The Labute approximate surface area is 188 Å². The second-order valence-electron chi connectivity index (χ2n) is 8.33. The number of amides is 1. The minimum Gasteiger partial charge on any atom is -0.487 e. The average molecular weight is 462 g/mol. The number of fused-ring (bicyclic) bond motifs is 3. The maximum absolute atomic E-state index is 11.7. The highest BCUT2D eigenvalue weighted by Crippen LogP contribution is 2.45. The van der Waals surface area contributed by atoms with Crippen LogP contribution in [0, 0.1) is 0 Å². The number of ether oxygens (including phenoxy) is 2. The lowest BCUT2D eigenvalue weighted by Crippen LogP contribution is -2.38. The number of halogens is 2. The Bertz CT molecular complexity index is 1160. The first-order chi connectivity index (χ1) is 14.9. The van der Waals surface area contributed by atoms with E-state index < -0.39 is 0 Å². The first-order valence-electron chi connectivity index (χ1n) is 9.95. The number of benzene rings is 1. The maximum Gasteiger partial charge on any atom is 0.210 e. The molecular weight excluding hydrogens is 441 g/mol. The second-order valence-corrected chi connectivity index (χ2v) is 9.14. The lowest BCUT2D eigenvalue weighted by atomic mass is 9.96. The molecule has 5 rings (SSSR count). The molecule has 2 aliphatic rings. The average Bonchev–Trinajstić information content (AvgIpc) is 3.29. The summed E-state index contributed by atoms with van der Waals surface area (Å²) in [5, 5.41) is 3.94. The minimum absolute atomic E-state index is 0.226. The minimum atomic E-state index is -0.372. The van der Waals surface area contributed by atoms with E-state index in [2.05, 4.69) is 15.3 Å². The summed E-state index contributed by atoms with van der Waals surface area (Å²) in [5.41, 5.74) is 3.72. The molecule has 1 saturated heterocycles. The lowest BCUT2D eigenvalue weighted by Gasteiger charge is -2.34. The highest BCUT2D eigenvalue weighted by Gasteiger charge is 2.38. The Hall–Kier alpha value is -2.55. The van der Waals surface area contributed by atoms with Crippen LogP contribution in [0.15, 0.2) is 18.5 Å². The largest absolute Gasteiger partial charge is 0.487 e. The van der Waals surface area contributed by atoms with Gasteiger partial charge in [0.05, 0.1) is 46.0 Å². The summed E-state index contributed by atoms with van der Waals surface area (Å²) in [5.74, 6) is 1.29. The number of anilines is 2. The summed E-state index contributed by atoms with van der Waals surface area (Å²) in [4.78, 5) is 25.5. The molecule has 1 aromatic carbocycles. The number of nitrogens with one attached hydrogen (secondary N) is 2. The van der Waals surface area contributed by atoms with Crippen LogP contribution in [-0.4, -0.2) is 51.6 Å².